The molecule has 0 aromatic heterocycles. The summed E-state index contributed by atoms with van der Waals surface area (Å²) in [6.07, 6.45) is 0.418. The Hall–Kier alpha value is -2.74. The highest BCUT2D eigenvalue weighted by atomic mass is 16.5. The zero-order valence-corrected chi connectivity index (χ0v) is 14.2. The lowest BCUT2D eigenvalue weighted by Crippen LogP contribution is -2.53. The number of benzene rings is 1. The lowest BCUT2D eigenvalue weighted by molar-refractivity contribution is -0.164. The predicted molar refractivity (Wildman–Crippen MR) is 88.1 cm³/mol. The fourth-order valence-corrected chi connectivity index (χ4v) is 2.21. The van der Waals surface area contributed by atoms with E-state index >= 15 is 0 Å². The molecular formula is C17H22N2O6. The van der Waals surface area contributed by atoms with Crippen LogP contribution < -0.4 is 5.73 Å². The van der Waals surface area contributed by atoms with E-state index in [-0.39, 0.29) is 12.8 Å². The van der Waals surface area contributed by atoms with E-state index in [4.69, 9.17) is 10.5 Å². The molecule has 0 radical (unpaired) electrons. The van der Waals surface area contributed by atoms with Crippen LogP contribution >= 0.6 is 0 Å². The van der Waals surface area contributed by atoms with Gasteiger partial charge in [0.05, 0.1) is 13.2 Å². The van der Waals surface area contributed by atoms with Crippen LogP contribution in [0.5, 0.6) is 0 Å². The van der Waals surface area contributed by atoms with E-state index in [9.17, 15) is 19.2 Å². The Morgan fingerprint density at radius 1 is 1.24 bits per heavy atom. The van der Waals surface area contributed by atoms with Crippen molar-refractivity contribution >= 4 is 24.1 Å². The maximum Gasteiger partial charge on any atom is 0.329 e. The minimum absolute atomic E-state index is 0.227. The van der Waals surface area contributed by atoms with Crippen LogP contribution in [0.1, 0.15) is 18.9 Å². The third-order valence-corrected chi connectivity index (χ3v) is 3.47. The van der Waals surface area contributed by atoms with Gasteiger partial charge in [0.25, 0.3) is 0 Å². The maximum atomic E-state index is 12.7. The third-order valence-electron chi connectivity index (χ3n) is 3.47. The SMILES string of the molecule is COC(=O)C(CC=O)N(COC(C)=O)C(=O)C(N)Cc1ccccc1. The van der Waals surface area contributed by atoms with Gasteiger partial charge in [-0.1, -0.05) is 30.3 Å². The first-order valence-electron chi connectivity index (χ1n) is 7.65. The molecule has 136 valence electrons. The Morgan fingerprint density at radius 3 is 2.40 bits per heavy atom. The Morgan fingerprint density at radius 2 is 1.88 bits per heavy atom. The van der Waals surface area contributed by atoms with Crippen molar-refractivity contribution in [3.05, 3.63) is 35.9 Å². The number of methoxy groups -OCH3 is 1. The van der Waals surface area contributed by atoms with Crippen molar-refractivity contribution in [2.24, 2.45) is 5.73 Å². The zero-order valence-electron chi connectivity index (χ0n) is 14.2. The Bertz CT molecular complexity index is 604. The number of carbonyl (C=O) groups excluding carboxylic acids is 4. The summed E-state index contributed by atoms with van der Waals surface area (Å²) in [6.45, 7) is 0.670. The topological polar surface area (TPSA) is 116 Å². The first kappa shape index (κ1) is 20.3. The molecular weight excluding hydrogens is 328 g/mol. The van der Waals surface area contributed by atoms with Crippen LogP contribution in [0.3, 0.4) is 0 Å². The van der Waals surface area contributed by atoms with E-state index < -0.39 is 36.7 Å². The molecule has 2 N–H and O–H groups in total. The van der Waals surface area contributed by atoms with Gasteiger partial charge in [-0.3, -0.25) is 14.5 Å². The molecule has 0 aliphatic heterocycles. The quantitative estimate of drug-likeness (QED) is 0.379. The summed E-state index contributed by atoms with van der Waals surface area (Å²) < 4.78 is 9.46. The van der Waals surface area contributed by atoms with Crippen LogP contribution in [0.4, 0.5) is 0 Å². The van der Waals surface area contributed by atoms with Crippen molar-refractivity contribution in [1.29, 1.82) is 0 Å². The molecule has 0 bridgehead atoms. The molecule has 0 saturated heterocycles. The van der Waals surface area contributed by atoms with Crippen LogP contribution in [0, 0.1) is 0 Å². The Kier molecular flexibility index (Phi) is 8.28. The van der Waals surface area contributed by atoms with Crippen LogP contribution in [0.15, 0.2) is 30.3 Å². The van der Waals surface area contributed by atoms with E-state index in [1.807, 2.05) is 30.3 Å². The number of amides is 1. The fraction of sp³-hybridized carbons (Fsp3) is 0.412. The maximum absolute atomic E-state index is 12.7. The van der Waals surface area contributed by atoms with Crippen LogP contribution in [-0.4, -0.2) is 55.0 Å². The number of esters is 2. The Labute approximate surface area is 145 Å². The van der Waals surface area contributed by atoms with Gasteiger partial charge in [-0.05, 0) is 12.0 Å². The third kappa shape index (κ3) is 6.34. The second-order valence-electron chi connectivity index (χ2n) is 5.31. The summed E-state index contributed by atoms with van der Waals surface area (Å²) in [5.74, 6) is -2.05. The molecule has 0 saturated carbocycles. The van der Waals surface area contributed by atoms with Gasteiger partial charge >= 0.3 is 11.9 Å². The van der Waals surface area contributed by atoms with E-state index in [0.29, 0.717) is 6.29 Å². The second-order valence-corrected chi connectivity index (χ2v) is 5.31. The van der Waals surface area contributed by atoms with E-state index in [1.165, 1.54) is 6.92 Å². The first-order valence-corrected chi connectivity index (χ1v) is 7.65. The van der Waals surface area contributed by atoms with E-state index in [1.54, 1.807) is 0 Å². The van der Waals surface area contributed by atoms with Gasteiger partial charge in [-0.25, -0.2) is 4.79 Å². The van der Waals surface area contributed by atoms with Crippen LogP contribution in [-0.2, 0) is 35.1 Å². The number of aldehydes is 1. The van der Waals surface area contributed by atoms with Gasteiger partial charge in [0.1, 0.15) is 12.3 Å². The number of carbonyl (C=O) groups is 4. The molecule has 8 nitrogen and oxygen atoms in total. The van der Waals surface area contributed by atoms with Crippen molar-refractivity contribution in [1.82, 2.24) is 4.90 Å². The lowest BCUT2D eigenvalue weighted by Gasteiger charge is -2.30. The monoisotopic (exact) mass is 350 g/mol. The molecule has 2 unspecified atom stereocenters. The molecule has 1 rings (SSSR count). The summed E-state index contributed by atoms with van der Waals surface area (Å²) in [5.41, 5.74) is 6.79. The molecule has 0 fully saturated rings. The second kappa shape index (κ2) is 10.2. The Balaban J connectivity index is 2.98. The van der Waals surface area contributed by atoms with Crippen LogP contribution in [0.25, 0.3) is 0 Å². The van der Waals surface area contributed by atoms with Crippen molar-refractivity contribution in [2.75, 3.05) is 13.8 Å². The van der Waals surface area contributed by atoms with E-state index in [2.05, 4.69) is 4.74 Å². The minimum atomic E-state index is -1.21. The molecule has 1 aromatic carbocycles. The largest absolute Gasteiger partial charge is 0.467 e. The molecule has 25 heavy (non-hydrogen) atoms. The van der Waals surface area contributed by atoms with Crippen molar-refractivity contribution in [3.63, 3.8) is 0 Å². The molecule has 0 heterocycles. The molecule has 0 aliphatic carbocycles. The number of nitrogens with zero attached hydrogens (tertiary/aromatic N) is 1. The van der Waals surface area contributed by atoms with E-state index in [0.717, 1.165) is 17.6 Å². The van der Waals surface area contributed by atoms with Gasteiger partial charge < -0.3 is 20.0 Å². The summed E-state index contributed by atoms with van der Waals surface area (Å²) in [6, 6.07) is 6.90. The van der Waals surface area contributed by atoms with Gasteiger partial charge in [-0.2, -0.15) is 0 Å². The van der Waals surface area contributed by atoms with Crippen molar-refractivity contribution in [2.45, 2.75) is 31.8 Å². The van der Waals surface area contributed by atoms with Gasteiger partial charge in [0, 0.05) is 13.3 Å². The highest BCUT2D eigenvalue weighted by Crippen LogP contribution is 2.11. The van der Waals surface area contributed by atoms with Gasteiger partial charge in [-0.15, -0.1) is 0 Å². The van der Waals surface area contributed by atoms with Gasteiger partial charge in [0.2, 0.25) is 5.91 Å². The highest BCUT2D eigenvalue weighted by molar-refractivity contribution is 5.89. The molecule has 0 spiro atoms. The summed E-state index contributed by atoms with van der Waals surface area (Å²) in [5, 5.41) is 0. The number of rotatable bonds is 9. The highest BCUT2D eigenvalue weighted by Gasteiger charge is 2.33. The number of hydrogen-bond donors (Lipinski definition) is 1. The average molecular weight is 350 g/mol. The van der Waals surface area contributed by atoms with Gasteiger partial charge in [0.15, 0.2) is 6.73 Å². The standard InChI is InChI=1S/C17H22N2O6/c1-12(21)25-11-19(15(8-9-20)17(23)24-2)16(22)14(18)10-13-6-4-3-5-7-13/h3-7,9,14-15H,8,10-11,18H2,1-2H3. The smallest absolute Gasteiger partial charge is 0.329 e. The lowest BCUT2D eigenvalue weighted by atomic mass is 10.0. The summed E-state index contributed by atoms with van der Waals surface area (Å²) in [4.78, 5) is 47.5. The molecule has 1 amide bonds. The number of hydrogen-bond acceptors (Lipinski definition) is 7. The molecule has 0 aliphatic rings. The summed E-state index contributed by atoms with van der Waals surface area (Å²) >= 11 is 0. The molecule has 1 aromatic rings. The number of nitrogens with two attached hydrogens (primary N) is 1. The van der Waals surface area contributed by atoms with Crippen molar-refractivity contribution in [3.8, 4) is 0 Å². The van der Waals surface area contributed by atoms with Crippen molar-refractivity contribution < 1.29 is 28.7 Å². The first-order chi connectivity index (χ1) is 11.9. The fourth-order valence-electron chi connectivity index (χ4n) is 2.21. The normalized spacial score (nSPS) is 12.6. The summed E-state index contributed by atoms with van der Waals surface area (Å²) in [7, 11) is 1.14. The predicted octanol–water partition coefficient (Wildman–Crippen LogP) is 0.0362. The minimum Gasteiger partial charge on any atom is -0.467 e. The average Bonchev–Trinajstić information content (AvgIpc) is 2.60. The zero-order chi connectivity index (χ0) is 18.8. The molecule has 2 atom stereocenters. The van der Waals surface area contributed by atoms with Crippen LogP contribution in [0.2, 0.25) is 0 Å². The number of ether oxygens (including phenoxy) is 2. The molecule has 8 heteroatoms.